The van der Waals surface area contributed by atoms with E-state index in [1.807, 2.05) is 12.1 Å². The van der Waals surface area contributed by atoms with E-state index in [0.29, 0.717) is 11.4 Å². The van der Waals surface area contributed by atoms with E-state index >= 15 is 0 Å². The maximum atomic E-state index is 12.5. The van der Waals surface area contributed by atoms with Crippen molar-refractivity contribution in [3.05, 3.63) is 102 Å². The number of rotatable bonds is 8. The van der Waals surface area contributed by atoms with E-state index in [-0.39, 0.29) is 17.4 Å². The van der Waals surface area contributed by atoms with Crippen LogP contribution >= 0.6 is 0 Å². The minimum Gasteiger partial charge on any atom is -0.480 e. The number of benzene rings is 3. The van der Waals surface area contributed by atoms with Gasteiger partial charge in [0.15, 0.2) is 5.82 Å². The molecule has 3 aromatic carbocycles. The van der Waals surface area contributed by atoms with E-state index in [2.05, 4.69) is 52.9 Å². The standard InChI is InChI=1S/C31H28F3N3O4/c1-30(2,3)24-12-8-20(9-13-24)23-17-35-27(36-18-23)21-6-4-19(5-7-21)16-26(29(39)40)37-28(38)22-10-14-25(15-11-22)41-31(32,33)34/h4-15,17-18,26H,16H2,1-3H3,(H,37,38)(H,39,40). The number of amides is 1. The zero-order chi connectivity index (χ0) is 29.8. The number of halogens is 3. The van der Waals surface area contributed by atoms with Gasteiger partial charge in [0.25, 0.3) is 5.91 Å². The van der Waals surface area contributed by atoms with Gasteiger partial charge in [0.05, 0.1) is 0 Å². The second-order valence-electron chi connectivity index (χ2n) is 10.5. The Labute approximate surface area is 235 Å². The predicted octanol–water partition coefficient (Wildman–Crippen LogP) is 6.43. The Morgan fingerprint density at radius 3 is 1.90 bits per heavy atom. The van der Waals surface area contributed by atoms with Crippen molar-refractivity contribution in [2.45, 2.75) is 45.0 Å². The van der Waals surface area contributed by atoms with Crippen molar-refractivity contribution in [2.75, 3.05) is 0 Å². The largest absolute Gasteiger partial charge is 0.573 e. The van der Waals surface area contributed by atoms with Crippen LogP contribution in [0.4, 0.5) is 13.2 Å². The molecule has 1 heterocycles. The van der Waals surface area contributed by atoms with Gasteiger partial charge in [-0.2, -0.15) is 0 Å². The number of aliphatic carboxylic acids is 1. The van der Waals surface area contributed by atoms with Gasteiger partial charge in [-0.25, -0.2) is 14.8 Å². The van der Waals surface area contributed by atoms with E-state index in [1.165, 1.54) is 5.56 Å². The van der Waals surface area contributed by atoms with Crippen molar-refractivity contribution >= 4 is 11.9 Å². The summed E-state index contributed by atoms with van der Waals surface area (Å²) in [6.07, 6.45) is -1.37. The molecule has 4 aromatic rings. The molecular formula is C31H28F3N3O4. The fraction of sp³-hybridized carbons (Fsp3) is 0.226. The fourth-order valence-electron chi connectivity index (χ4n) is 4.06. The average Bonchev–Trinajstić information content (AvgIpc) is 2.92. The van der Waals surface area contributed by atoms with Crippen LogP contribution in [0.25, 0.3) is 22.5 Å². The molecule has 1 unspecified atom stereocenters. The fourth-order valence-corrected chi connectivity index (χ4v) is 4.06. The van der Waals surface area contributed by atoms with E-state index in [4.69, 9.17) is 0 Å². The Bertz CT molecular complexity index is 1500. The quantitative estimate of drug-likeness (QED) is 0.256. The van der Waals surface area contributed by atoms with E-state index in [0.717, 1.165) is 41.0 Å². The third-order valence-corrected chi connectivity index (χ3v) is 6.34. The summed E-state index contributed by atoms with van der Waals surface area (Å²) in [6.45, 7) is 6.48. The molecule has 0 aliphatic rings. The summed E-state index contributed by atoms with van der Waals surface area (Å²) in [4.78, 5) is 33.3. The average molecular weight is 564 g/mol. The molecule has 0 saturated heterocycles. The first-order chi connectivity index (χ1) is 19.3. The van der Waals surface area contributed by atoms with Crippen LogP contribution in [-0.2, 0) is 16.6 Å². The summed E-state index contributed by atoms with van der Waals surface area (Å²) >= 11 is 0. The van der Waals surface area contributed by atoms with Gasteiger partial charge in [-0.05, 0) is 46.4 Å². The van der Waals surface area contributed by atoms with Gasteiger partial charge in [-0.3, -0.25) is 4.79 Å². The van der Waals surface area contributed by atoms with Crippen molar-refractivity contribution in [3.63, 3.8) is 0 Å². The number of aromatic nitrogens is 2. The summed E-state index contributed by atoms with van der Waals surface area (Å²) in [7, 11) is 0. The summed E-state index contributed by atoms with van der Waals surface area (Å²) in [6, 6.07) is 18.2. The minimum atomic E-state index is -4.86. The molecule has 2 N–H and O–H groups in total. The molecule has 1 amide bonds. The first-order valence-electron chi connectivity index (χ1n) is 12.7. The third kappa shape index (κ3) is 7.91. The maximum absolute atomic E-state index is 12.5. The number of carbonyl (C=O) groups is 2. The van der Waals surface area contributed by atoms with Gasteiger partial charge in [0, 0.05) is 35.5 Å². The zero-order valence-electron chi connectivity index (χ0n) is 22.6. The molecule has 0 fully saturated rings. The normalized spacial score (nSPS) is 12.4. The first-order valence-corrected chi connectivity index (χ1v) is 12.7. The summed E-state index contributed by atoms with van der Waals surface area (Å²) in [5, 5.41) is 12.0. The highest BCUT2D eigenvalue weighted by Gasteiger charge is 2.31. The van der Waals surface area contributed by atoms with Crippen LogP contribution in [0.5, 0.6) is 5.75 Å². The van der Waals surface area contributed by atoms with Crippen molar-refractivity contribution in [1.29, 1.82) is 0 Å². The monoisotopic (exact) mass is 563 g/mol. The lowest BCUT2D eigenvalue weighted by atomic mass is 9.86. The van der Waals surface area contributed by atoms with Crippen molar-refractivity contribution in [2.24, 2.45) is 0 Å². The van der Waals surface area contributed by atoms with Gasteiger partial charge in [-0.1, -0.05) is 69.3 Å². The van der Waals surface area contributed by atoms with Gasteiger partial charge < -0.3 is 15.2 Å². The molecule has 212 valence electrons. The first kappa shape index (κ1) is 29.3. The molecule has 0 bridgehead atoms. The number of nitrogens with one attached hydrogen (secondary N) is 1. The lowest BCUT2D eigenvalue weighted by molar-refractivity contribution is -0.274. The number of alkyl halides is 3. The zero-order valence-corrected chi connectivity index (χ0v) is 22.6. The Balaban J connectivity index is 1.39. The molecule has 7 nitrogen and oxygen atoms in total. The highest BCUT2D eigenvalue weighted by molar-refractivity contribution is 5.96. The maximum Gasteiger partial charge on any atom is 0.573 e. The van der Waals surface area contributed by atoms with E-state index in [9.17, 15) is 27.9 Å². The van der Waals surface area contributed by atoms with E-state index < -0.39 is 30.0 Å². The molecule has 0 radical (unpaired) electrons. The smallest absolute Gasteiger partial charge is 0.480 e. The van der Waals surface area contributed by atoms with Crippen LogP contribution in [0.2, 0.25) is 0 Å². The highest BCUT2D eigenvalue weighted by atomic mass is 19.4. The SMILES string of the molecule is CC(C)(C)c1ccc(-c2cnc(-c3ccc(CC(NC(=O)c4ccc(OC(F)(F)F)cc4)C(=O)O)cc3)nc2)cc1. The number of hydrogen-bond donors (Lipinski definition) is 2. The number of ether oxygens (including phenoxy) is 1. The molecule has 1 atom stereocenters. The van der Waals surface area contributed by atoms with Crippen LogP contribution < -0.4 is 10.1 Å². The molecule has 0 aliphatic carbocycles. The molecule has 10 heteroatoms. The second-order valence-corrected chi connectivity index (χ2v) is 10.5. The van der Waals surface area contributed by atoms with Crippen molar-refractivity contribution in [3.8, 4) is 28.3 Å². The molecular weight excluding hydrogens is 535 g/mol. The number of nitrogens with zero attached hydrogens (tertiary/aromatic N) is 2. The Kier molecular flexibility index (Phi) is 8.41. The van der Waals surface area contributed by atoms with Gasteiger partial charge in [-0.15, -0.1) is 13.2 Å². The molecule has 0 aliphatic heterocycles. The lowest BCUT2D eigenvalue weighted by Crippen LogP contribution is -2.42. The van der Waals surface area contributed by atoms with Crippen molar-refractivity contribution in [1.82, 2.24) is 15.3 Å². The highest BCUT2D eigenvalue weighted by Crippen LogP contribution is 2.27. The van der Waals surface area contributed by atoms with Crippen LogP contribution in [0.3, 0.4) is 0 Å². The van der Waals surface area contributed by atoms with E-state index in [1.54, 1.807) is 36.7 Å². The van der Waals surface area contributed by atoms with Gasteiger partial charge in [0.2, 0.25) is 0 Å². The third-order valence-electron chi connectivity index (χ3n) is 6.34. The minimum absolute atomic E-state index is 0.00753. The molecule has 0 saturated carbocycles. The number of hydrogen-bond acceptors (Lipinski definition) is 5. The topological polar surface area (TPSA) is 101 Å². The summed E-state index contributed by atoms with van der Waals surface area (Å²) in [5.41, 5.74) is 4.56. The lowest BCUT2D eigenvalue weighted by Gasteiger charge is -2.19. The summed E-state index contributed by atoms with van der Waals surface area (Å²) in [5.74, 6) is -1.98. The van der Waals surface area contributed by atoms with Crippen LogP contribution in [0.15, 0.2) is 85.2 Å². The number of carboxylic acid groups (broad SMARTS) is 1. The Morgan fingerprint density at radius 1 is 0.829 bits per heavy atom. The Morgan fingerprint density at radius 2 is 1.39 bits per heavy atom. The van der Waals surface area contributed by atoms with Gasteiger partial charge in [0.1, 0.15) is 11.8 Å². The van der Waals surface area contributed by atoms with Crippen molar-refractivity contribution < 1.29 is 32.6 Å². The van der Waals surface area contributed by atoms with Crippen LogP contribution in [-0.4, -0.2) is 39.4 Å². The Hall–Kier alpha value is -4.73. The molecule has 4 rings (SSSR count). The summed E-state index contributed by atoms with van der Waals surface area (Å²) < 4.78 is 40.8. The van der Waals surface area contributed by atoms with Gasteiger partial charge >= 0.3 is 12.3 Å². The predicted molar refractivity (Wildman–Crippen MR) is 147 cm³/mol. The second kappa shape index (κ2) is 11.8. The molecule has 41 heavy (non-hydrogen) atoms. The number of carbonyl (C=O) groups excluding carboxylic acids is 1. The van der Waals surface area contributed by atoms with Crippen LogP contribution in [0.1, 0.15) is 42.3 Å². The number of carboxylic acids is 1. The molecule has 0 spiro atoms. The molecule has 1 aromatic heterocycles. The van der Waals surface area contributed by atoms with Crippen LogP contribution in [0, 0.1) is 0 Å².